The number of hydrogen-bond donors (Lipinski definition) is 3. The standard InChI is InChI=1S/C16H20N4O3/c1-10-6-3-4-7-12(10)23-9-5-8-13(21)18-14-11(2)19-20-15(14)16(17)22/h3-4,6-7H,5,8-9H2,1-2H3,(H2,17,22)(H,18,21)(H,19,20). The summed E-state index contributed by atoms with van der Waals surface area (Å²) in [5, 5.41) is 9.06. The molecule has 0 saturated heterocycles. The third-order valence-electron chi connectivity index (χ3n) is 3.34. The lowest BCUT2D eigenvalue weighted by Gasteiger charge is -2.09. The third-order valence-corrected chi connectivity index (χ3v) is 3.34. The van der Waals surface area contributed by atoms with Crippen LogP contribution in [0.25, 0.3) is 0 Å². The van der Waals surface area contributed by atoms with Crippen molar-refractivity contribution >= 4 is 17.5 Å². The first-order valence-electron chi connectivity index (χ1n) is 7.32. The first kappa shape index (κ1) is 16.5. The molecule has 0 aliphatic heterocycles. The second-order valence-corrected chi connectivity index (χ2v) is 5.20. The fourth-order valence-electron chi connectivity index (χ4n) is 2.10. The molecule has 0 saturated carbocycles. The molecule has 0 aliphatic rings. The van der Waals surface area contributed by atoms with Crippen LogP contribution < -0.4 is 15.8 Å². The summed E-state index contributed by atoms with van der Waals surface area (Å²) >= 11 is 0. The van der Waals surface area contributed by atoms with Crippen LogP contribution in [0.1, 0.15) is 34.6 Å². The Balaban J connectivity index is 1.81. The molecule has 7 nitrogen and oxygen atoms in total. The van der Waals surface area contributed by atoms with Crippen molar-refractivity contribution in [3.8, 4) is 5.75 Å². The van der Waals surface area contributed by atoms with Crippen LogP contribution in [-0.2, 0) is 4.79 Å². The summed E-state index contributed by atoms with van der Waals surface area (Å²) in [5.74, 6) is -0.0903. The second kappa shape index (κ2) is 7.44. The number of ether oxygens (including phenoxy) is 1. The normalized spacial score (nSPS) is 10.3. The summed E-state index contributed by atoms with van der Waals surface area (Å²) in [6.45, 7) is 4.11. The van der Waals surface area contributed by atoms with Gasteiger partial charge in [-0.05, 0) is 31.9 Å². The number of nitrogens with one attached hydrogen (secondary N) is 2. The van der Waals surface area contributed by atoms with E-state index in [2.05, 4.69) is 15.5 Å². The van der Waals surface area contributed by atoms with Gasteiger partial charge in [0, 0.05) is 6.42 Å². The number of para-hydroxylation sites is 1. The predicted octanol–water partition coefficient (Wildman–Crippen LogP) is 1.92. The Kier molecular flexibility index (Phi) is 5.35. The number of amides is 2. The molecule has 1 aromatic heterocycles. The van der Waals surface area contributed by atoms with Gasteiger partial charge in [-0.25, -0.2) is 0 Å². The molecule has 0 aliphatic carbocycles. The zero-order chi connectivity index (χ0) is 16.8. The Morgan fingerprint density at radius 1 is 1.30 bits per heavy atom. The minimum atomic E-state index is -0.687. The highest BCUT2D eigenvalue weighted by molar-refractivity contribution is 6.02. The van der Waals surface area contributed by atoms with Crippen molar-refractivity contribution in [1.29, 1.82) is 0 Å². The first-order chi connectivity index (χ1) is 11.0. The number of aromatic amines is 1. The summed E-state index contributed by atoms with van der Waals surface area (Å²) in [7, 11) is 0. The van der Waals surface area contributed by atoms with Gasteiger partial charge in [0.2, 0.25) is 5.91 Å². The van der Waals surface area contributed by atoms with Crippen LogP contribution in [0.2, 0.25) is 0 Å². The lowest BCUT2D eigenvalue weighted by molar-refractivity contribution is -0.116. The molecule has 1 aromatic carbocycles. The monoisotopic (exact) mass is 316 g/mol. The van der Waals surface area contributed by atoms with Crippen LogP contribution in [0, 0.1) is 13.8 Å². The minimum absolute atomic E-state index is 0.0343. The number of rotatable bonds is 7. The van der Waals surface area contributed by atoms with E-state index in [9.17, 15) is 9.59 Å². The van der Waals surface area contributed by atoms with Gasteiger partial charge in [-0.15, -0.1) is 0 Å². The largest absolute Gasteiger partial charge is 0.493 e. The van der Waals surface area contributed by atoms with Crippen molar-refractivity contribution < 1.29 is 14.3 Å². The maximum absolute atomic E-state index is 12.0. The molecule has 7 heteroatoms. The molecular formula is C16H20N4O3. The lowest BCUT2D eigenvalue weighted by Crippen LogP contribution is -2.18. The van der Waals surface area contributed by atoms with E-state index < -0.39 is 5.91 Å². The van der Waals surface area contributed by atoms with Crippen LogP contribution in [0.4, 0.5) is 5.69 Å². The second-order valence-electron chi connectivity index (χ2n) is 5.20. The summed E-state index contributed by atoms with van der Waals surface area (Å²) < 4.78 is 5.64. The van der Waals surface area contributed by atoms with Crippen LogP contribution in [0.5, 0.6) is 5.75 Å². The SMILES string of the molecule is Cc1ccccc1OCCCC(=O)Nc1c(C(N)=O)n[nH]c1C. The number of nitrogens with zero attached hydrogens (tertiary/aromatic N) is 1. The fourth-order valence-corrected chi connectivity index (χ4v) is 2.10. The van der Waals surface area contributed by atoms with Crippen molar-refractivity contribution in [1.82, 2.24) is 10.2 Å². The van der Waals surface area contributed by atoms with Gasteiger partial charge in [0.25, 0.3) is 5.91 Å². The number of aromatic nitrogens is 2. The van der Waals surface area contributed by atoms with E-state index in [1.54, 1.807) is 6.92 Å². The average Bonchev–Trinajstić information content (AvgIpc) is 2.86. The summed E-state index contributed by atoms with van der Waals surface area (Å²) in [6.07, 6.45) is 0.831. The number of carbonyl (C=O) groups excluding carboxylic acids is 2. The Morgan fingerprint density at radius 3 is 2.74 bits per heavy atom. The zero-order valence-corrected chi connectivity index (χ0v) is 13.2. The molecule has 2 aromatic rings. The van der Waals surface area contributed by atoms with E-state index in [-0.39, 0.29) is 18.0 Å². The van der Waals surface area contributed by atoms with Gasteiger partial charge in [-0.1, -0.05) is 18.2 Å². The molecule has 0 radical (unpaired) electrons. The quantitative estimate of drug-likeness (QED) is 0.678. The highest BCUT2D eigenvalue weighted by atomic mass is 16.5. The average molecular weight is 316 g/mol. The van der Waals surface area contributed by atoms with Gasteiger partial charge in [-0.2, -0.15) is 5.10 Å². The van der Waals surface area contributed by atoms with Crippen molar-refractivity contribution in [2.45, 2.75) is 26.7 Å². The molecule has 0 atom stereocenters. The molecule has 4 N–H and O–H groups in total. The topological polar surface area (TPSA) is 110 Å². The Labute approximate surface area is 134 Å². The number of anilines is 1. The van der Waals surface area contributed by atoms with Crippen molar-refractivity contribution in [3.63, 3.8) is 0 Å². The highest BCUT2D eigenvalue weighted by Gasteiger charge is 2.17. The molecule has 23 heavy (non-hydrogen) atoms. The highest BCUT2D eigenvalue weighted by Crippen LogP contribution is 2.18. The van der Waals surface area contributed by atoms with Gasteiger partial charge in [0.15, 0.2) is 5.69 Å². The summed E-state index contributed by atoms with van der Waals surface area (Å²) in [6, 6.07) is 7.71. The van der Waals surface area contributed by atoms with E-state index in [1.165, 1.54) is 0 Å². The van der Waals surface area contributed by atoms with Crippen LogP contribution in [-0.4, -0.2) is 28.6 Å². The number of nitrogens with two attached hydrogens (primary N) is 1. The number of hydrogen-bond acceptors (Lipinski definition) is 4. The third kappa shape index (κ3) is 4.32. The smallest absolute Gasteiger partial charge is 0.271 e. The first-order valence-corrected chi connectivity index (χ1v) is 7.32. The molecule has 0 spiro atoms. The molecule has 1 heterocycles. The van der Waals surface area contributed by atoms with E-state index in [4.69, 9.17) is 10.5 Å². The molecule has 2 rings (SSSR count). The molecule has 0 fully saturated rings. The van der Waals surface area contributed by atoms with Crippen molar-refractivity contribution in [3.05, 3.63) is 41.2 Å². The lowest BCUT2D eigenvalue weighted by atomic mass is 10.2. The van der Waals surface area contributed by atoms with E-state index in [0.717, 1.165) is 11.3 Å². The van der Waals surface area contributed by atoms with E-state index in [0.29, 0.717) is 24.4 Å². The number of primary amides is 1. The fraction of sp³-hybridized carbons (Fsp3) is 0.312. The maximum Gasteiger partial charge on any atom is 0.271 e. The van der Waals surface area contributed by atoms with Crippen LogP contribution in [0.15, 0.2) is 24.3 Å². The molecule has 122 valence electrons. The zero-order valence-electron chi connectivity index (χ0n) is 13.2. The van der Waals surface area contributed by atoms with Crippen LogP contribution >= 0.6 is 0 Å². The number of H-pyrrole nitrogens is 1. The molecule has 0 bridgehead atoms. The van der Waals surface area contributed by atoms with Gasteiger partial charge >= 0.3 is 0 Å². The van der Waals surface area contributed by atoms with Crippen molar-refractivity contribution in [2.24, 2.45) is 5.73 Å². The molecule has 2 amide bonds. The van der Waals surface area contributed by atoms with Gasteiger partial charge < -0.3 is 15.8 Å². The van der Waals surface area contributed by atoms with Gasteiger partial charge in [-0.3, -0.25) is 14.7 Å². The van der Waals surface area contributed by atoms with Gasteiger partial charge in [0.05, 0.1) is 18.0 Å². The number of benzene rings is 1. The van der Waals surface area contributed by atoms with E-state index in [1.807, 2.05) is 31.2 Å². The molecule has 0 unspecified atom stereocenters. The Hall–Kier alpha value is -2.83. The van der Waals surface area contributed by atoms with Gasteiger partial charge in [0.1, 0.15) is 5.75 Å². The Morgan fingerprint density at radius 2 is 2.04 bits per heavy atom. The molecular weight excluding hydrogens is 296 g/mol. The van der Waals surface area contributed by atoms with E-state index >= 15 is 0 Å². The summed E-state index contributed by atoms with van der Waals surface area (Å²) in [5.41, 5.74) is 7.22. The summed E-state index contributed by atoms with van der Waals surface area (Å²) in [4.78, 5) is 23.2. The predicted molar refractivity (Wildman–Crippen MR) is 86.4 cm³/mol. The Bertz CT molecular complexity index is 709. The number of aryl methyl sites for hydroxylation is 2. The number of carbonyl (C=O) groups is 2. The minimum Gasteiger partial charge on any atom is -0.493 e. The maximum atomic E-state index is 12.0. The van der Waals surface area contributed by atoms with Crippen molar-refractivity contribution in [2.75, 3.05) is 11.9 Å². The van der Waals surface area contributed by atoms with Crippen LogP contribution in [0.3, 0.4) is 0 Å².